The Morgan fingerprint density at radius 3 is 2.74 bits per heavy atom. The molecule has 0 radical (unpaired) electrons. The number of ether oxygens (including phenoxy) is 1. The number of hydrogen-bond donors (Lipinski definition) is 1. The summed E-state index contributed by atoms with van der Waals surface area (Å²) in [6.07, 6.45) is 1.29. The van der Waals surface area contributed by atoms with Crippen LogP contribution >= 0.6 is 0 Å². The van der Waals surface area contributed by atoms with Gasteiger partial charge in [-0.15, -0.1) is 0 Å². The van der Waals surface area contributed by atoms with Crippen LogP contribution in [-0.4, -0.2) is 16.1 Å². The van der Waals surface area contributed by atoms with Crippen molar-refractivity contribution in [3.05, 3.63) is 53.6 Å². The van der Waals surface area contributed by atoms with Crippen molar-refractivity contribution >= 4 is 5.97 Å². The van der Waals surface area contributed by atoms with Gasteiger partial charge in [-0.2, -0.15) is 5.26 Å². The Hall–Kier alpha value is -2.94. The molecule has 1 heterocycles. The highest BCUT2D eigenvalue weighted by Crippen LogP contribution is 2.25. The van der Waals surface area contributed by atoms with Crippen LogP contribution in [0.15, 0.2) is 36.5 Å². The second-order valence-electron chi connectivity index (χ2n) is 3.54. The van der Waals surface area contributed by atoms with Crippen LogP contribution in [-0.2, 0) is 0 Å². The molecule has 0 fully saturated rings. The molecular weight excluding hydrogens is 251 g/mol. The summed E-state index contributed by atoms with van der Waals surface area (Å²) in [5.74, 6) is -1.70. The number of carbonyl (C=O) groups is 1. The van der Waals surface area contributed by atoms with Gasteiger partial charge in [0.2, 0.25) is 0 Å². The molecule has 0 atom stereocenters. The van der Waals surface area contributed by atoms with Gasteiger partial charge >= 0.3 is 5.97 Å². The van der Waals surface area contributed by atoms with E-state index in [-0.39, 0.29) is 22.8 Å². The van der Waals surface area contributed by atoms with Crippen LogP contribution in [0.2, 0.25) is 0 Å². The summed E-state index contributed by atoms with van der Waals surface area (Å²) in [6.45, 7) is 0. The molecule has 0 unspecified atom stereocenters. The van der Waals surface area contributed by atoms with Crippen molar-refractivity contribution in [2.24, 2.45) is 0 Å². The highest BCUT2D eigenvalue weighted by Gasteiger charge is 2.13. The summed E-state index contributed by atoms with van der Waals surface area (Å²) in [4.78, 5) is 14.7. The van der Waals surface area contributed by atoms with E-state index in [1.165, 1.54) is 24.4 Å². The van der Waals surface area contributed by atoms with E-state index in [1.54, 1.807) is 0 Å². The van der Waals surface area contributed by atoms with Crippen LogP contribution < -0.4 is 4.74 Å². The van der Waals surface area contributed by atoms with E-state index in [0.29, 0.717) is 0 Å². The minimum atomic E-state index is -1.30. The standard InChI is InChI=1S/C13H7FN2O3/c14-8-1-4-12(11(5-8)13(17)18)19-10-3-2-9(6-15)16-7-10/h1-5,7H,(H,17,18). The second kappa shape index (κ2) is 5.14. The maximum atomic E-state index is 13.0. The highest BCUT2D eigenvalue weighted by molar-refractivity contribution is 5.91. The van der Waals surface area contributed by atoms with Gasteiger partial charge in [-0.3, -0.25) is 0 Å². The van der Waals surface area contributed by atoms with E-state index in [1.807, 2.05) is 6.07 Å². The molecule has 94 valence electrons. The molecule has 1 aromatic heterocycles. The molecule has 0 spiro atoms. The topological polar surface area (TPSA) is 83.2 Å². The third kappa shape index (κ3) is 2.84. The number of nitriles is 1. The van der Waals surface area contributed by atoms with Crippen molar-refractivity contribution in [2.45, 2.75) is 0 Å². The number of halogens is 1. The summed E-state index contributed by atoms with van der Waals surface area (Å²) in [6, 6.07) is 7.93. The molecule has 1 aromatic carbocycles. The number of aromatic carboxylic acids is 1. The fraction of sp³-hybridized carbons (Fsp3) is 0. The molecule has 6 heteroatoms. The van der Waals surface area contributed by atoms with Crippen molar-refractivity contribution in [3.8, 4) is 17.6 Å². The average Bonchev–Trinajstić information content (AvgIpc) is 2.41. The first-order valence-electron chi connectivity index (χ1n) is 5.17. The van der Waals surface area contributed by atoms with E-state index in [9.17, 15) is 9.18 Å². The molecule has 0 saturated carbocycles. The van der Waals surface area contributed by atoms with Crippen molar-refractivity contribution in [1.29, 1.82) is 5.26 Å². The first kappa shape index (κ1) is 12.5. The number of benzene rings is 1. The quantitative estimate of drug-likeness (QED) is 0.914. The zero-order valence-electron chi connectivity index (χ0n) is 9.50. The number of rotatable bonds is 3. The summed E-state index contributed by atoms with van der Waals surface area (Å²) in [7, 11) is 0. The maximum absolute atomic E-state index is 13.0. The Labute approximate surface area is 107 Å². The molecule has 1 N–H and O–H groups in total. The van der Waals surface area contributed by atoms with Crippen LogP contribution in [0.3, 0.4) is 0 Å². The third-order valence-corrected chi connectivity index (χ3v) is 2.25. The largest absolute Gasteiger partial charge is 0.478 e. The Balaban J connectivity index is 2.32. The molecule has 0 bridgehead atoms. The molecule has 0 aliphatic carbocycles. The first-order chi connectivity index (χ1) is 9.10. The van der Waals surface area contributed by atoms with Crippen LogP contribution in [0, 0.1) is 17.1 Å². The number of pyridine rings is 1. The van der Waals surface area contributed by atoms with Gasteiger partial charge in [0.15, 0.2) is 0 Å². The SMILES string of the molecule is N#Cc1ccc(Oc2ccc(F)cc2C(=O)O)cn1. The molecule has 2 rings (SSSR count). The van der Waals surface area contributed by atoms with Crippen LogP contribution in [0.4, 0.5) is 4.39 Å². The zero-order chi connectivity index (χ0) is 13.8. The van der Waals surface area contributed by atoms with E-state index in [0.717, 1.165) is 12.1 Å². The fourth-order valence-corrected chi connectivity index (χ4v) is 1.39. The Morgan fingerprint density at radius 1 is 1.37 bits per heavy atom. The van der Waals surface area contributed by atoms with Gasteiger partial charge < -0.3 is 9.84 Å². The van der Waals surface area contributed by atoms with Crippen molar-refractivity contribution in [2.75, 3.05) is 0 Å². The lowest BCUT2D eigenvalue weighted by Crippen LogP contribution is -2.01. The monoisotopic (exact) mass is 258 g/mol. The fourth-order valence-electron chi connectivity index (χ4n) is 1.39. The molecule has 0 amide bonds. The minimum Gasteiger partial charge on any atom is -0.478 e. The van der Waals surface area contributed by atoms with Crippen LogP contribution in [0.5, 0.6) is 11.5 Å². The van der Waals surface area contributed by atoms with Crippen molar-refractivity contribution in [1.82, 2.24) is 4.98 Å². The normalized spacial score (nSPS) is 9.68. The smallest absolute Gasteiger partial charge is 0.339 e. The third-order valence-electron chi connectivity index (χ3n) is 2.25. The molecule has 5 nitrogen and oxygen atoms in total. The van der Waals surface area contributed by atoms with Gasteiger partial charge in [0.1, 0.15) is 34.6 Å². The van der Waals surface area contributed by atoms with E-state index >= 15 is 0 Å². The van der Waals surface area contributed by atoms with Gasteiger partial charge in [-0.25, -0.2) is 14.2 Å². The second-order valence-corrected chi connectivity index (χ2v) is 3.54. The molecule has 2 aromatic rings. The molecular formula is C13H7FN2O3. The summed E-state index contributed by atoms with van der Waals surface area (Å²) >= 11 is 0. The summed E-state index contributed by atoms with van der Waals surface area (Å²) in [5.41, 5.74) is -0.0747. The predicted octanol–water partition coefficient (Wildman–Crippen LogP) is 2.58. The number of carboxylic acids is 1. The number of hydrogen-bond acceptors (Lipinski definition) is 4. The van der Waals surface area contributed by atoms with Gasteiger partial charge in [0.05, 0.1) is 6.20 Å². The van der Waals surface area contributed by atoms with E-state index in [2.05, 4.69) is 4.98 Å². The van der Waals surface area contributed by atoms with Crippen LogP contribution in [0.25, 0.3) is 0 Å². The lowest BCUT2D eigenvalue weighted by atomic mass is 10.2. The first-order valence-corrected chi connectivity index (χ1v) is 5.17. The lowest BCUT2D eigenvalue weighted by molar-refractivity contribution is 0.0693. The average molecular weight is 258 g/mol. The molecule has 0 saturated heterocycles. The van der Waals surface area contributed by atoms with Crippen molar-refractivity contribution < 1.29 is 19.0 Å². The lowest BCUT2D eigenvalue weighted by Gasteiger charge is -2.08. The summed E-state index contributed by atoms with van der Waals surface area (Å²) in [5, 5.41) is 17.5. The van der Waals surface area contributed by atoms with Gasteiger partial charge in [0, 0.05) is 0 Å². The Morgan fingerprint density at radius 2 is 2.16 bits per heavy atom. The predicted molar refractivity (Wildman–Crippen MR) is 62.4 cm³/mol. The Bertz CT molecular complexity index is 663. The van der Waals surface area contributed by atoms with E-state index in [4.69, 9.17) is 15.1 Å². The van der Waals surface area contributed by atoms with Crippen LogP contribution in [0.1, 0.15) is 16.1 Å². The van der Waals surface area contributed by atoms with Gasteiger partial charge in [-0.1, -0.05) is 0 Å². The zero-order valence-corrected chi connectivity index (χ0v) is 9.50. The number of carboxylic acid groups (broad SMARTS) is 1. The maximum Gasteiger partial charge on any atom is 0.339 e. The number of nitrogens with zero attached hydrogens (tertiary/aromatic N) is 2. The van der Waals surface area contributed by atoms with Gasteiger partial charge in [0.25, 0.3) is 0 Å². The number of aromatic nitrogens is 1. The van der Waals surface area contributed by atoms with Crippen molar-refractivity contribution in [3.63, 3.8) is 0 Å². The molecule has 0 aliphatic heterocycles. The highest BCUT2D eigenvalue weighted by atomic mass is 19.1. The molecule has 19 heavy (non-hydrogen) atoms. The molecule has 0 aliphatic rings. The van der Waals surface area contributed by atoms with Gasteiger partial charge in [-0.05, 0) is 30.3 Å². The Kier molecular flexibility index (Phi) is 3.39. The summed E-state index contributed by atoms with van der Waals surface area (Å²) < 4.78 is 18.3. The minimum absolute atomic E-state index is 0.000377. The van der Waals surface area contributed by atoms with E-state index < -0.39 is 11.8 Å².